The van der Waals surface area contributed by atoms with Gasteiger partial charge in [-0.2, -0.15) is 9.97 Å². The van der Waals surface area contributed by atoms with Gasteiger partial charge in [0.05, 0.1) is 30.1 Å². The summed E-state index contributed by atoms with van der Waals surface area (Å²) >= 11 is 1.13. The Bertz CT molecular complexity index is 1390. The van der Waals surface area contributed by atoms with Gasteiger partial charge in [-0.25, -0.2) is 13.4 Å². The van der Waals surface area contributed by atoms with Gasteiger partial charge in [0.1, 0.15) is 6.61 Å². The van der Waals surface area contributed by atoms with Crippen molar-refractivity contribution < 1.29 is 32.3 Å². The highest BCUT2D eigenvalue weighted by Crippen LogP contribution is 2.25. The molecule has 0 saturated carbocycles. The van der Waals surface area contributed by atoms with Gasteiger partial charge in [-0.05, 0) is 25.6 Å². The lowest BCUT2D eigenvalue weighted by atomic mass is 10.1. The van der Waals surface area contributed by atoms with Crippen LogP contribution in [0.1, 0.15) is 18.4 Å². The highest BCUT2D eigenvalue weighted by Gasteiger charge is 2.22. The number of carbonyl (C=O) groups is 1. The first-order valence-electron chi connectivity index (χ1n) is 12.3. The molecule has 210 valence electrons. The maximum Gasteiger partial charge on any atom is 0.280 e. The number of thiazole rings is 1. The summed E-state index contributed by atoms with van der Waals surface area (Å²) in [6, 6.07) is 5.93. The molecule has 2 N–H and O–H groups in total. The van der Waals surface area contributed by atoms with E-state index in [1.54, 1.807) is 0 Å². The van der Waals surface area contributed by atoms with E-state index in [0.29, 0.717) is 67.7 Å². The number of methoxy groups -OCH3 is 1. The second-order valence-corrected chi connectivity index (χ2v) is 11.6. The van der Waals surface area contributed by atoms with Crippen LogP contribution < -0.4 is 15.4 Å². The lowest BCUT2D eigenvalue weighted by Crippen LogP contribution is -2.25. The molecule has 3 heterocycles. The summed E-state index contributed by atoms with van der Waals surface area (Å²) in [5, 5.41) is 10.1. The number of ether oxygens (including phenoxy) is 3. The van der Waals surface area contributed by atoms with Crippen LogP contribution in [-0.4, -0.2) is 94.0 Å². The molecule has 0 spiro atoms. The number of oxime groups is 1. The Labute approximate surface area is 229 Å². The van der Waals surface area contributed by atoms with Crippen molar-refractivity contribution in [2.75, 3.05) is 58.2 Å². The van der Waals surface area contributed by atoms with Crippen LogP contribution in [0, 0.1) is 0 Å². The zero-order chi connectivity index (χ0) is 27.7. The minimum Gasteiger partial charge on any atom is -0.475 e. The van der Waals surface area contributed by atoms with Gasteiger partial charge in [0.15, 0.2) is 37.3 Å². The predicted molar refractivity (Wildman–Crippen MR) is 145 cm³/mol. The number of sulfone groups is 1. The zero-order valence-electron chi connectivity index (χ0n) is 21.6. The topological polar surface area (TPSA) is 163 Å². The van der Waals surface area contributed by atoms with E-state index >= 15 is 0 Å². The van der Waals surface area contributed by atoms with Gasteiger partial charge in [0.25, 0.3) is 5.91 Å². The monoisotopic (exact) mass is 578 g/mol. The van der Waals surface area contributed by atoms with Crippen LogP contribution in [-0.2, 0) is 28.9 Å². The number of carbonyl (C=O) groups excluding carboxylic acids is 1. The first-order chi connectivity index (χ1) is 18.9. The van der Waals surface area contributed by atoms with Crippen LogP contribution in [0.15, 0.2) is 40.5 Å². The molecule has 1 fully saturated rings. The molecular weight excluding hydrogens is 548 g/mol. The summed E-state index contributed by atoms with van der Waals surface area (Å²) in [6.45, 7) is 2.34. The van der Waals surface area contributed by atoms with E-state index in [1.165, 1.54) is 37.6 Å². The van der Waals surface area contributed by atoms with E-state index in [0.717, 1.165) is 11.3 Å². The molecular formula is C24H30N6O7S2. The average Bonchev–Trinajstić information content (AvgIpc) is 3.59. The quantitative estimate of drug-likeness (QED) is 0.162. The molecule has 1 aromatic carbocycles. The molecule has 39 heavy (non-hydrogen) atoms. The fourth-order valence-corrected chi connectivity index (χ4v) is 5.59. The van der Waals surface area contributed by atoms with Gasteiger partial charge in [-0.3, -0.25) is 10.1 Å². The van der Waals surface area contributed by atoms with Gasteiger partial charge in [0.2, 0.25) is 5.88 Å². The number of anilines is 1. The number of hydrogen-bond donors (Lipinski definition) is 2. The number of nitrogens with zero attached hydrogens (tertiary/aromatic N) is 4. The normalized spacial score (nSPS) is 15.9. The standard InChI is InChI=1S/C24H30N6O7S2/c1-25-9-12-36-19-14-26-21-23(27-19)38-24(28-21)29-22(31)20(30-37-17-8-11-35-15-17)16-4-6-18(7-5-16)39(32,33)13-3-10-34-2/h4-7,14,17,25H,3,8-13,15H2,1-2H3,(H,26,28,29,31)/t17-/m1/s1. The first-order valence-corrected chi connectivity index (χ1v) is 14.7. The number of hydrogen-bond acceptors (Lipinski definition) is 13. The van der Waals surface area contributed by atoms with Crippen LogP contribution in [0.3, 0.4) is 0 Å². The highest BCUT2D eigenvalue weighted by atomic mass is 32.2. The van der Waals surface area contributed by atoms with Gasteiger partial charge in [0, 0.05) is 32.2 Å². The Kier molecular flexibility index (Phi) is 10.1. The van der Waals surface area contributed by atoms with E-state index in [1.807, 2.05) is 7.05 Å². The van der Waals surface area contributed by atoms with Crippen molar-refractivity contribution in [3.63, 3.8) is 0 Å². The third-order valence-electron chi connectivity index (χ3n) is 5.57. The molecule has 0 unspecified atom stereocenters. The fraction of sp³-hybridized carbons (Fsp3) is 0.458. The second kappa shape index (κ2) is 13.7. The molecule has 0 aliphatic carbocycles. The van der Waals surface area contributed by atoms with Crippen LogP contribution in [0.5, 0.6) is 5.88 Å². The molecule has 1 saturated heterocycles. The van der Waals surface area contributed by atoms with Crippen LogP contribution in [0.2, 0.25) is 0 Å². The van der Waals surface area contributed by atoms with E-state index in [9.17, 15) is 13.2 Å². The number of rotatable bonds is 14. The highest BCUT2D eigenvalue weighted by molar-refractivity contribution is 7.91. The molecule has 4 rings (SSSR count). The smallest absolute Gasteiger partial charge is 0.280 e. The van der Waals surface area contributed by atoms with Crippen LogP contribution in [0.4, 0.5) is 5.13 Å². The van der Waals surface area contributed by atoms with Crippen molar-refractivity contribution in [1.82, 2.24) is 20.3 Å². The third-order valence-corrected chi connectivity index (χ3v) is 8.24. The summed E-state index contributed by atoms with van der Waals surface area (Å²) in [4.78, 5) is 32.5. The van der Waals surface area contributed by atoms with Crippen molar-refractivity contribution >= 4 is 48.4 Å². The van der Waals surface area contributed by atoms with Gasteiger partial charge in [-0.15, -0.1) is 0 Å². The number of likely N-dealkylation sites (N-methyl/N-ethyl adjacent to an activating group) is 1. The lowest BCUT2D eigenvalue weighted by Gasteiger charge is -2.10. The molecule has 3 aromatic rings. The Hall–Kier alpha value is -3.24. The molecule has 15 heteroatoms. The first kappa shape index (κ1) is 28.8. The van der Waals surface area contributed by atoms with Gasteiger partial charge >= 0.3 is 0 Å². The SMILES string of the molecule is CNCCOc1cnc2nc(NC(=O)C(=NO[C@@H]3CCOC3)c3ccc(S(=O)(=O)CCCOC)cc3)sc2n1. The van der Waals surface area contributed by atoms with E-state index in [2.05, 4.69) is 30.7 Å². The summed E-state index contributed by atoms with van der Waals surface area (Å²) in [6.07, 6.45) is 2.21. The Balaban J connectivity index is 1.53. The molecule has 2 aromatic heterocycles. The Morgan fingerprint density at radius 2 is 2.05 bits per heavy atom. The summed E-state index contributed by atoms with van der Waals surface area (Å²) in [5.41, 5.74) is 0.693. The van der Waals surface area contributed by atoms with E-state index in [-0.39, 0.29) is 27.6 Å². The van der Waals surface area contributed by atoms with Crippen LogP contribution in [0.25, 0.3) is 10.5 Å². The maximum atomic E-state index is 13.3. The second-order valence-electron chi connectivity index (χ2n) is 8.48. The molecule has 1 amide bonds. The Morgan fingerprint density at radius 3 is 2.77 bits per heavy atom. The van der Waals surface area contributed by atoms with Gasteiger partial charge < -0.3 is 24.4 Å². The predicted octanol–water partition coefficient (Wildman–Crippen LogP) is 1.64. The number of fused-ring (bicyclic) bond motifs is 1. The van der Waals surface area contributed by atoms with Crippen molar-refractivity contribution in [2.24, 2.45) is 5.16 Å². The minimum absolute atomic E-state index is 0.0403. The minimum atomic E-state index is -3.50. The zero-order valence-corrected chi connectivity index (χ0v) is 23.2. The Morgan fingerprint density at radius 1 is 1.23 bits per heavy atom. The molecule has 1 aliphatic heterocycles. The number of aromatic nitrogens is 3. The average molecular weight is 579 g/mol. The van der Waals surface area contributed by atoms with Crippen molar-refractivity contribution in [2.45, 2.75) is 23.8 Å². The number of nitrogens with one attached hydrogen (secondary N) is 2. The third kappa shape index (κ3) is 7.89. The number of amides is 1. The van der Waals surface area contributed by atoms with E-state index < -0.39 is 15.7 Å². The summed E-state index contributed by atoms with van der Waals surface area (Å²) in [7, 11) is -0.158. The molecule has 1 atom stereocenters. The van der Waals surface area contributed by atoms with Gasteiger partial charge in [-0.1, -0.05) is 28.6 Å². The molecule has 0 bridgehead atoms. The molecule has 1 aliphatic rings. The van der Waals surface area contributed by atoms with Crippen molar-refractivity contribution in [3.05, 3.63) is 36.0 Å². The number of benzene rings is 1. The maximum absolute atomic E-state index is 13.3. The summed E-state index contributed by atoms with van der Waals surface area (Å²) in [5.74, 6) is -0.283. The fourth-order valence-electron chi connectivity index (χ4n) is 3.52. The lowest BCUT2D eigenvalue weighted by molar-refractivity contribution is -0.110. The van der Waals surface area contributed by atoms with Crippen molar-refractivity contribution in [1.29, 1.82) is 0 Å². The molecule has 0 radical (unpaired) electrons. The van der Waals surface area contributed by atoms with Crippen LogP contribution >= 0.6 is 11.3 Å². The van der Waals surface area contributed by atoms with Crippen molar-refractivity contribution in [3.8, 4) is 5.88 Å². The summed E-state index contributed by atoms with van der Waals surface area (Å²) < 4.78 is 41.0. The molecule has 13 nitrogen and oxygen atoms in total. The van der Waals surface area contributed by atoms with E-state index in [4.69, 9.17) is 19.0 Å². The largest absolute Gasteiger partial charge is 0.475 e.